The molecule has 1 saturated carbocycles. The van der Waals surface area contributed by atoms with E-state index in [0.29, 0.717) is 30.4 Å². The number of amides is 2. The number of carbonyl (C=O) groups is 2. The summed E-state index contributed by atoms with van der Waals surface area (Å²) in [5, 5.41) is 3.72. The lowest BCUT2D eigenvalue weighted by Crippen LogP contribution is -2.39. The van der Waals surface area contributed by atoms with Gasteiger partial charge in [-0.1, -0.05) is 19.3 Å². The highest BCUT2D eigenvalue weighted by molar-refractivity contribution is 7.15. The average molecular weight is 436 g/mol. The van der Waals surface area contributed by atoms with Gasteiger partial charge in [-0.05, 0) is 31.0 Å². The van der Waals surface area contributed by atoms with Crippen molar-refractivity contribution in [2.75, 3.05) is 18.5 Å². The highest BCUT2D eigenvalue weighted by atomic mass is 32.1. The standard InChI is InChI=1S/C17H19FN2OS.C4H7NO3/c1-11(21)20-13-7-8-14(15(18)9-13)16-10-19-17(22-16)12-5-3-2-4-6-12;5-4(6)8-3-1-7-2-3/h7-10,12H,2-6H2,1H3,(H,20,21);3H,1-2H2,(H2,5,6). The van der Waals surface area contributed by atoms with Crippen LogP contribution in [0.25, 0.3) is 10.4 Å². The molecular formula is C21H26FN3O4S. The summed E-state index contributed by atoms with van der Waals surface area (Å²) < 4.78 is 23.5. The zero-order valence-electron chi connectivity index (χ0n) is 16.9. The molecule has 2 aromatic rings. The number of rotatable bonds is 4. The van der Waals surface area contributed by atoms with Gasteiger partial charge in [-0.25, -0.2) is 14.2 Å². The Morgan fingerprint density at radius 1 is 1.27 bits per heavy atom. The van der Waals surface area contributed by atoms with Crippen LogP contribution in [-0.2, 0) is 14.3 Å². The molecule has 0 spiro atoms. The molecule has 1 aromatic heterocycles. The first-order valence-electron chi connectivity index (χ1n) is 9.99. The van der Waals surface area contributed by atoms with Gasteiger partial charge in [0.1, 0.15) is 5.82 Å². The SMILES string of the molecule is CC(=O)Nc1ccc(-c2cnc(C3CCCCC3)s2)c(F)c1.NC(=O)OC1COC1. The summed E-state index contributed by atoms with van der Waals surface area (Å²) in [6.07, 6.45) is 7.18. The minimum Gasteiger partial charge on any atom is -0.441 e. The van der Waals surface area contributed by atoms with Crippen LogP contribution in [0, 0.1) is 5.82 Å². The second-order valence-electron chi connectivity index (χ2n) is 7.37. The van der Waals surface area contributed by atoms with Crippen molar-refractivity contribution in [1.29, 1.82) is 0 Å². The fraction of sp³-hybridized carbons (Fsp3) is 0.476. The first-order valence-corrected chi connectivity index (χ1v) is 10.8. The number of nitrogens with two attached hydrogens (primary N) is 1. The molecule has 0 radical (unpaired) electrons. The summed E-state index contributed by atoms with van der Waals surface area (Å²) in [5.41, 5.74) is 5.71. The third kappa shape index (κ3) is 6.24. The van der Waals surface area contributed by atoms with Crippen LogP contribution in [0.5, 0.6) is 0 Å². The molecule has 0 atom stereocenters. The molecule has 30 heavy (non-hydrogen) atoms. The largest absolute Gasteiger partial charge is 0.441 e. The number of aromatic nitrogens is 1. The number of ether oxygens (including phenoxy) is 2. The smallest absolute Gasteiger partial charge is 0.404 e. The van der Waals surface area contributed by atoms with E-state index in [2.05, 4.69) is 20.8 Å². The van der Waals surface area contributed by atoms with Crippen molar-refractivity contribution in [3.8, 4) is 10.4 Å². The molecule has 2 heterocycles. The predicted octanol–water partition coefficient (Wildman–Crippen LogP) is 4.44. The molecule has 2 aliphatic rings. The van der Waals surface area contributed by atoms with Gasteiger partial charge in [0, 0.05) is 30.3 Å². The molecule has 9 heteroatoms. The Hall–Kier alpha value is -2.52. The number of halogens is 1. The van der Waals surface area contributed by atoms with E-state index in [9.17, 15) is 14.0 Å². The minimum absolute atomic E-state index is 0.0903. The van der Waals surface area contributed by atoms with Crippen molar-refractivity contribution in [3.63, 3.8) is 0 Å². The van der Waals surface area contributed by atoms with Crippen molar-refractivity contribution in [2.45, 2.75) is 51.0 Å². The summed E-state index contributed by atoms with van der Waals surface area (Å²) in [6.45, 7) is 2.39. The van der Waals surface area contributed by atoms with Gasteiger partial charge in [-0.3, -0.25) is 4.79 Å². The number of hydrogen-bond acceptors (Lipinski definition) is 6. The Morgan fingerprint density at radius 2 is 2.00 bits per heavy atom. The molecule has 1 saturated heterocycles. The van der Waals surface area contributed by atoms with Gasteiger partial charge in [0.25, 0.3) is 0 Å². The average Bonchev–Trinajstić information content (AvgIpc) is 3.15. The van der Waals surface area contributed by atoms with E-state index in [0.717, 1.165) is 9.88 Å². The van der Waals surface area contributed by atoms with Crippen LogP contribution in [0.3, 0.4) is 0 Å². The van der Waals surface area contributed by atoms with Gasteiger partial charge in [-0.15, -0.1) is 11.3 Å². The first kappa shape index (κ1) is 22.2. The van der Waals surface area contributed by atoms with Crippen molar-refractivity contribution in [2.24, 2.45) is 5.73 Å². The maximum absolute atomic E-state index is 14.3. The lowest BCUT2D eigenvalue weighted by Gasteiger charge is -2.24. The number of primary amides is 1. The molecule has 162 valence electrons. The Labute approximate surface area is 178 Å². The number of anilines is 1. The van der Waals surface area contributed by atoms with Gasteiger partial charge in [0.2, 0.25) is 5.91 Å². The van der Waals surface area contributed by atoms with Gasteiger partial charge in [-0.2, -0.15) is 0 Å². The van der Waals surface area contributed by atoms with Gasteiger partial charge >= 0.3 is 6.09 Å². The predicted molar refractivity (Wildman–Crippen MR) is 113 cm³/mol. The van der Waals surface area contributed by atoms with Gasteiger partial charge in [0.05, 0.1) is 23.1 Å². The van der Waals surface area contributed by atoms with Crippen LogP contribution in [-0.4, -0.2) is 36.3 Å². The molecular weight excluding hydrogens is 409 g/mol. The van der Waals surface area contributed by atoms with Gasteiger partial charge < -0.3 is 20.5 Å². The molecule has 3 N–H and O–H groups in total. The Morgan fingerprint density at radius 3 is 2.53 bits per heavy atom. The zero-order valence-corrected chi connectivity index (χ0v) is 17.7. The van der Waals surface area contributed by atoms with E-state index in [1.807, 2.05) is 0 Å². The summed E-state index contributed by atoms with van der Waals surface area (Å²) in [4.78, 5) is 26.3. The maximum Gasteiger partial charge on any atom is 0.404 e. The highest BCUT2D eigenvalue weighted by Crippen LogP contribution is 2.38. The quantitative estimate of drug-likeness (QED) is 0.739. The van der Waals surface area contributed by atoms with Crippen molar-refractivity contribution >= 4 is 29.0 Å². The normalized spacial score (nSPS) is 16.7. The molecule has 7 nitrogen and oxygen atoms in total. The van der Waals surface area contributed by atoms with E-state index < -0.39 is 6.09 Å². The fourth-order valence-electron chi connectivity index (χ4n) is 3.39. The Kier molecular flexibility index (Phi) is 7.75. The number of carbonyl (C=O) groups excluding carboxylic acids is 2. The first-order chi connectivity index (χ1) is 14.4. The summed E-state index contributed by atoms with van der Waals surface area (Å²) >= 11 is 1.59. The Bertz CT molecular complexity index is 879. The lowest BCUT2D eigenvalue weighted by atomic mass is 9.90. The molecule has 0 bridgehead atoms. The number of nitrogens with one attached hydrogen (secondary N) is 1. The molecule has 4 rings (SSSR count). The van der Waals surface area contributed by atoms with Crippen molar-refractivity contribution < 1.29 is 23.5 Å². The van der Waals surface area contributed by atoms with E-state index in [4.69, 9.17) is 4.74 Å². The van der Waals surface area contributed by atoms with E-state index in [-0.39, 0.29) is 17.8 Å². The maximum atomic E-state index is 14.3. The second-order valence-corrected chi connectivity index (χ2v) is 8.43. The summed E-state index contributed by atoms with van der Waals surface area (Å²) in [6, 6.07) is 4.79. The number of thiazole rings is 1. The number of benzene rings is 1. The van der Waals surface area contributed by atoms with Crippen LogP contribution in [0.15, 0.2) is 24.4 Å². The monoisotopic (exact) mass is 435 g/mol. The number of nitrogens with zero attached hydrogens (tertiary/aromatic N) is 1. The molecule has 2 amide bonds. The molecule has 2 fully saturated rings. The summed E-state index contributed by atoms with van der Waals surface area (Å²) in [5.74, 6) is 0.00355. The lowest BCUT2D eigenvalue weighted by molar-refractivity contribution is -0.114. The van der Waals surface area contributed by atoms with Crippen LogP contribution in [0.4, 0.5) is 14.9 Å². The van der Waals surface area contributed by atoms with Crippen molar-refractivity contribution in [3.05, 3.63) is 35.2 Å². The Balaban J connectivity index is 0.000000269. The van der Waals surface area contributed by atoms with E-state index in [1.54, 1.807) is 29.7 Å². The van der Waals surface area contributed by atoms with Crippen LogP contribution in [0.1, 0.15) is 50.0 Å². The molecule has 1 aliphatic heterocycles. The van der Waals surface area contributed by atoms with E-state index >= 15 is 0 Å². The van der Waals surface area contributed by atoms with Crippen molar-refractivity contribution in [1.82, 2.24) is 4.98 Å². The minimum atomic E-state index is -0.724. The molecule has 0 unspecified atom stereocenters. The third-order valence-corrected chi connectivity index (χ3v) is 6.12. The molecule has 1 aliphatic carbocycles. The molecule has 1 aromatic carbocycles. The summed E-state index contributed by atoms with van der Waals surface area (Å²) in [7, 11) is 0. The van der Waals surface area contributed by atoms with Crippen LogP contribution < -0.4 is 11.1 Å². The fourth-order valence-corrected chi connectivity index (χ4v) is 4.51. The van der Waals surface area contributed by atoms with Crippen LogP contribution in [0.2, 0.25) is 0 Å². The highest BCUT2D eigenvalue weighted by Gasteiger charge is 2.21. The van der Waals surface area contributed by atoms with Crippen LogP contribution >= 0.6 is 11.3 Å². The zero-order chi connectivity index (χ0) is 21.5. The van der Waals surface area contributed by atoms with Gasteiger partial charge in [0.15, 0.2) is 6.10 Å². The number of hydrogen-bond donors (Lipinski definition) is 2. The topological polar surface area (TPSA) is 104 Å². The second kappa shape index (κ2) is 10.5. The van der Waals surface area contributed by atoms with E-state index in [1.165, 1.54) is 45.1 Å². The third-order valence-electron chi connectivity index (χ3n) is 4.92.